The van der Waals surface area contributed by atoms with Crippen molar-refractivity contribution in [3.63, 3.8) is 0 Å². The molecule has 1 aromatic heterocycles. The summed E-state index contributed by atoms with van der Waals surface area (Å²) in [6.07, 6.45) is 0.226. The lowest BCUT2D eigenvalue weighted by Gasteiger charge is -2.21. The van der Waals surface area contributed by atoms with Crippen molar-refractivity contribution in [3.05, 3.63) is 51.7 Å². The van der Waals surface area contributed by atoms with E-state index >= 15 is 0 Å². The fraction of sp³-hybridized carbons (Fsp3) is 0.235. The summed E-state index contributed by atoms with van der Waals surface area (Å²) in [4.78, 5) is 12.8. The fourth-order valence-electron chi connectivity index (χ4n) is 2.59. The second kappa shape index (κ2) is 6.40. The molecule has 1 unspecified atom stereocenters. The Morgan fingerprint density at radius 3 is 2.62 bits per heavy atom. The molecule has 3 rings (SSSR count). The molecule has 0 radical (unpaired) electrons. The molecule has 124 valence electrons. The molecule has 1 aromatic carbocycles. The lowest BCUT2D eigenvalue weighted by molar-refractivity contribution is -0.141. The second-order valence-electron chi connectivity index (χ2n) is 5.33. The zero-order valence-corrected chi connectivity index (χ0v) is 14.5. The monoisotopic (exact) mass is 361 g/mol. The molecule has 0 fully saturated rings. The molecule has 2 heterocycles. The highest BCUT2D eigenvalue weighted by Crippen LogP contribution is 2.38. The first-order valence-corrected chi connectivity index (χ1v) is 9.63. The molecule has 0 amide bonds. The zero-order valence-electron chi connectivity index (χ0n) is 12.9. The Hall–Kier alpha value is -2.14. The van der Waals surface area contributed by atoms with Crippen molar-refractivity contribution in [2.45, 2.75) is 30.8 Å². The number of benzene rings is 1. The summed E-state index contributed by atoms with van der Waals surface area (Å²) in [5.41, 5.74) is 0.854. The molecular formula is C17H15NO4S2. The van der Waals surface area contributed by atoms with Crippen LogP contribution in [-0.4, -0.2) is 29.8 Å². The smallest absolute Gasteiger partial charge is 0.322 e. The molecule has 1 aliphatic rings. The summed E-state index contributed by atoms with van der Waals surface area (Å²) >= 11 is 1.30. The quantitative estimate of drug-likeness (QED) is 0.853. The highest BCUT2D eigenvalue weighted by atomic mass is 32.2. The van der Waals surface area contributed by atoms with E-state index in [2.05, 4.69) is 11.8 Å². The van der Waals surface area contributed by atoms with Gasteiger partial charge in [0.1, 0.15) is 6.04 Å². The maximum atomic E-state index is 12.6. The number of thiophene rings is 1. The average molecular weight is 361 g/mol. The minimum absolute atomic E-state index is 0.0974. The first kappa shape index (κ1) is 16.7. The van der Waals surface area contributed by atoms with Crippen LogP contribution >= 0.6 is 11.3 Å². The predicted molar refractivity (Wildman–Crippen MR) is 91.2 cm³/mol. The van der Waals surface area contributed by atoms with Crippen molar-refractivity contribution in [3.8, 4) is 11.8 Å². The van der Waals surface area contributed by atoms with Crippen molar-refractivity contribution in [1.82, 2.24) is 4.31 Å². The topological polar surface area (TPSA) is 74.7 Å². The molecule has 2 aromatic rings. The average Bonchev–Trinajstić information content (AvgIpc) is 3.06. The van der Waals surface area contributed by atoms with Crippen LogP contribution < -0.4 is 0 Å². The van der Waals surface area contributed by atoms with Crippen LogP contribution in [0.15, 0.2) is 41.3 Å². The van der Waals surface area contributed by atoms with Crippen LogP contribution in [-0.2, 0) is 21.4 Å². The van der Waals surface area contributed by atoms with Gasteiger partial charge in [0.05, 0.1) is 16.3 Å². The largest absolute Gasteiger partial charge is 0.480 e. The lowest BCUT2D eigenvalue weighted by Crippen LogP contribution is -2.40. The maximum Gasteiger partial charge on any atom is 0.322 e. The first-order valence-electron chi connectivity index (χ1n) is 7.38. The van der Waals surface area contributed by atoms with Crippen LogP contribution in [0, 0.1) is 11.8 Å². The first-order chi connectivity index (χ1) is 11.4. The second-order valence-corrected chi connectivity index (χ2v) is 8.32. The van der Waals surface area contributed by atoms with Crippen LogP contribution in [0.1, 0.15) is 28.7 Å². The van der Waals surface area contributed by atoms with Gasteiger partial charge >= 0.3 is 5.97 Å². The van der Waals surface area contributed by atoms with Gasteiger partial charge in [-0.05, 0) is 24.6 Å². The molecule has 7 heteroatoms. The van der Waals surface area contributed by atoms with E-state index in [1.165, 1.54) is 11.3 Å². The van der Waals surface area contributed by atoms with Crippen LogP contribution in [0.3, 0.4) is 0 Å². The van der Waals surface area contributed by atoms with E-state index in [0.717, 1.165) is 9.87 Å². The third-order valence-corrected chi connectivity index (χ3v) is 6.87. The van der Waals surface area contributed by atoms with E-state index in [-0.39, 0.29) is 17.9 Å². The molecule has 1 aliphatic heterocycles. The summed E-state index contributed by atoms with van der Waals surface area (Å²) in [6, 6.07) is 9.94. The van der Waals surface area contributed by atoms with E-state index in [1.807, 2.05) is 30.3 Å². The zero-order chi connectivity index (χ0) is 17.3. The molecular weight excluding hydrogens is 346 g/mol. The number of rotatable bonds is 3. The Bertz CT molecular complexity index is 936. The summed E-state index contributed by atoms with van der Waals surface area (Å²) in [5, 5.41) is 9.22. The van der Waals surface area contributed by atoms with Gasteiger partial charge in [-0.15, -0.1) is 11.3 Å². The van der Waals surface area contributed by atoms with E-state index in [4.69, 9.17) is 0 Å². The molecule has 0 spiro atoms. The van der Waals surface area contributed by atoms with Crippen molar-refractivity contribution < 1.29 is 18.3 Å². The van der Waals surface area contributed by atoms with Crippen molar-refractivity contribution in [1.29, 1.82) is 0 Å². The molecule has 1 N–H and O–H groups in total. The number of fused-ring (bicyclic) bond motifs is 1. The third-order valence-electron chi connectivity index (χ3n) is 3.78. The van der Waals surface area contributed by atoms with Crippen LogP contribution in [0.25, 0.3) is 0 Å². The predicted octanol–water partition coefficient (Wildman–Crippen LogP) is 2.52. The van der Waals surface area contributed by atoms with Crippen molar-refractivity contribution >= 4 is 27.3 Å². The Balaban J connectivity index is 1.90. The van der Waals surface area contributed by atoms with Gasteiger partial charge < -0.3 is 5.11 Å². The maximum absolute atomic E-state index is 12.6. The summed E-state index contributed by atoms with van der Waals surface area (Å²) in [5.74, 6) is 4.85. The Labute approximate surface area is 144 Å². The number of carboxylic acids is 1. The molecule has 5 nitrogen and oxygen atoms in total. The van der Waals surface area contributed by atoms with Crippen LogP contribution in [0.5, 0.6) is 0 Å². The Morgan fingerprint density at radius 2 is 2.04 bits per heavy atom. The minimum atomic E-state index is -3.77. The van der Waals surface area contributed by atoms with E-state index < -0.39 is 22.0 Å². The van der Waals surface area contributed by atoms with Gasteiger partial charge in [-0.1, -0.05) is 37.0 Å². The lowest BCUT2D eigenvalue weighted by atomic mass is 10.2. The number of carbonyl (C=O) groups is 1. The molecule has 1 atom stereocenters. The van der Waals surface area contributed by atoms with Gasteiger partial charge in [-0.3, -0.25) is 4.79 Å². The molecule has 0 bridgehead atoms. The van der Waals surface area contributed by atoms with Gasteiger partial charge in [0, 0.05) is 10.4 Å². The van der Waals surface area contributed by atoms with Gasteiger partial charge in [0.2, 0.25) is 10.0 Å². The highest BCUT2D eigenvalue weighted by Gasteiger charge is 2.42. The number of nitrogens with zero attached hydrogens (tertiary/aromatic N) is 1. The number of sulfonamides is 1. The van der Waals surface area contributed by atoms with Gasteiger partial charge in [0.25, 0.3) is 0 Å². The third kappa shape index (κ3) is 2.96. The van der Waals surface area contributed by atoms with Gasteiger partial charge in [-0.2, -0.15) is 4.31 Å². The van der Waals surface area contributed by atoms with E-state index in [0.29, 0.717) is 9.75 Å². The van der Waals surface area contributed by atoms with Crippen molar-refractivity contribution in [2.24, 2.45) is 0 Å². The van der Waals surface area contributed by atoms with E-state index in [9.17, 15) is 18.3 Å². The number of aliphatic carboxylic acids is 1. The molecule has 0 aliphatic carbocycles. The summed E-state index contributed by atoms with van der Waals surface area (Å²) in [7, 11) is -3.77. The summed E-state index contributed by atoms with van der Waals surface area (Å²) < 4.78 is 26.3. The normalized spacial score (nSPS) is 16.9. The standard InChI is InChI=1S/C17H15NO4S2/c1-2-14(17(19)20)18-11-15-16(24(18,21)22)10-13(23-15)9-8-12-6-4-3-5-7-12/h3-7,10,14H,2,11H2,1H3,(H,19,20). The fourth-order valence-corrected chi connectivity index (χ4v) is 5.84. The number of hydrogen-bond acceptors (Lipinski definition) is 4. The molecule has 0 saturated heterocycles. The number of carboxylic acid groups (broad SMARTS) is 1. The summed E-state index contributed by atoms with van der Waals surface area (Å²) in [6.45, 7) is 1.76. The highest BCUT2D eigenvalue weighted by molar-refractivity contribution is 7.89. The SMILES string of the molecule is CCC(C(=O)O)N1Cc2sc(C#Cc3ccccc3)cc2S1(=O)=O. The minimum Gasteiger partial charge on any atom is -0.480 e. The Morgan fingerprint density at radius 1 is 1.33 bits per heavy atom. The van der Waals surface area contributed by atoms with E-state index in [1.54, 1.807) is 13.0 Å². The van der Waals surface area contributed by atoms with Crippen molar-refractivity contribution in [2.75, 3.05) is 0 Å². The van der Waals surface area contributed by atoms with Gasteiger partial charge in [-0.25, -0.2) is 8.42 Å². The van der Waals surface area contributed by atoms with Crippen LogP contribution in [0.2, 0.25) is 0 Å². The Kier molecular flexibility index (Phi) is 4.45. The van der Waals surface area contributed by atoms with Crippen LogP contribution in [0.4, 0.5) is 0 Å². The van der Waals surface area contributed by atoms with Gasteiger partial charge in [0.15, 0.2) is 0 Å². The molecule has 0 saturated carbocycles. The molecule has 24 heavy (non-hydrogen) atoms. The number of hydrogen-bond donors (Lipinski definition) is 1.